The van der Waals surface area contributed by atoms with Gasteiger partial charge in [-0.05, 0) is 36.4 Å². The molecule has 0 spiro atoms. The molecule has 0 aliphatic heterocycles. The number of hydrogen-bond acceptors (Lipinski definition) is 4. The molecule has 0 fully saturated rings. The zero-order valence-corrected chi connectivity index (χ0v) is 13.1. The number of carbonyl (C=O) groups excluding carboxylic acids is 2. The molecule has 0 aliphatic carbocycles. The average molecular weight is 326 g/mol. The van der Waals surface area contributed by atoms with Crippen LogP contribution >= 0.6 is 0 Å². The van der Waals surface area contributed by atoms with Crippen molar-refractivity contribution in [2.45, 2.75) is 25.7 Å². The predicted octanol–water partition coefficient (Wildman–Crippen LogP) is 3.88. The second-order valence-electron chi connectivity index (χ2n) is 5.30. The number of carboxylic acid groups (broad SMARTS) is 1. The summed E-state index contributed by atoms with van der Waals surface area (Å²) in [5.41, 5.74) is 0.501. The van der Waals surface area contributed by atoms with Crippen molar-refractivity contribution in [2.75, 3.05) is 0 Å². The molecule has 0 heterocycles. The van der Waals surface area contributed by atoms with E-state index in [0.717, 1.165) is 0 Å². The highest BCUT2D eigenvalue weighted by molar-refractivity contribution is 5.98. The highest BCUT2D eigenvalue weighted by atomic mass is 16.5. The Morgan fingerprint density at radius 1 is 0.750 bits per heavy atom. The van der Waals surface area contributed by atoms with Crippen molar-refractivity contribution in [3.63, 3.8) is 0 Å². The van der Waals surface area contributed by atoms with Gasteiger partial charge in [0.2, 0.25) is 0 Å². The molecule has 0 aliphatic rings. The summed E-state index contributed by atoms with van der Waals surface area (Å²) in [6.45, 7) is 0. The number of carboxylic acids is 1. The van der Waals surface area contributed by atoms with Gasteiger partial charge in [-0.25, -0.2) is 0 Å². The van der Waals surface area contributed by atoms with Gasteiger partial charge >= 0.3 is 5.97 Å². The Bertz CT molecular complexity index is 704. The number of rotatable bonds is 9. The molecule has 2 rings (SSSR count). The van der Waals surface area contributed by atoms with Gasteiger partial charge in [-0.3, -0.25) is 14.4 Å². The lowest BCUT2D eigenvalue weighted by Crippen LogP contribution is -2.07. The van der Waals surface area contributed by atoms with Crippen molar-refractivity contribution in [2.24, 2.45) is 0 Å². The minimum absolute atomic E-state index is 0.0353. The van der Waals surface area contributed by atoms with Crippen molar-refractivity contribution >= 4 is 17.5 Å². The fourth-order valence-electron chi connectivity index (χ4n) is 2.10. The van der Waals surface area contributed by atoms with Crippen LogP contribution in [0.1, 0.15) is 36.0 Å². The fraction of sp³-hybridized carbons (Fsp3) is 0.211. The molecule has 5 heteroatoms. The number of Topliss-reactive ketones (excluding diaryl/α,β-unsaturated/α-hetero) is 2. The third kappa shape index (κ3) is 5.68. The molecule has 0 bridgehead atoms. The second kappa shape index (κ2) is 8.62. The van der Waals surface area contributed by atoms with Gasteiger partial charge in [0.15, 0.2) is 5.78 Å². The molecular weight excluding hydrogens is 308 g/mol. The molecule has 24 heavy (non-hydrogen) atoms. The van der Waals surface area contributed by atoms with Crippen LogP contribution in [0.3, 0.4) is 0 Å². The summed E-state index contributed by atoms with van der Waals surface area (Å²) in [5.74, 6) is -0.0423. The molecule has 0 saturated heterocycles. The number of ketones is 2. The van der Waals surface area contributed by atoms with Crippen LogP contribution in [0.2, 0.25) is 0 Å². The van der Waals surface area contributed by atoms with E-state index < -0.39 is 5.97 Å². The topological polar surface area (TPSA) is 80.7 Å². The summed E-state index contributed by atoms with van der Waals surface area (Å²) in [4.78, 5) is 33.9. The van der Waals surface area contributed by atoms with Crippen LogP contribution in [-0.2, 0) is 9.59 Å². The van der Waals surface area contributed by atoms with Gasteiger partial charge in [0, 0.05) is 24.8 Å². The summed E-state index contributed by atoms with van der Waals surface area (Å²) < 4.78 is 5.64. The molecule has 124 valence electrons. The van der Waals surface area contributed by atoms with Gasteiger partial charge in [-0.2, -0.15) is 0 Å². The van der Waals surface area contributed by atoms with E-state index in [1.807, 2.05) is 30.3 Å². The molecule has 0 radical (unpaired) electrons. The van der Waals surface area contributed by atoms with E-state index >= 15 is 0 Å². The first-order valence-corrected chi connectivity index (χ1v) is 7.64. The standard InChI is InChI=1S/C19H18O5/c20-15(9-13-19(22)23)8-12-18(21)14-6-10-17(11-7-14)24-16-4-2-1-3-5-16/h1-7,10-11H,8-9,12-13H2,(H,22,23). The van der Waals surface area contributed by atoms with Crippen LogP contribution in [0.25, 0.3) is 0 Å². The number of benzene rings is 2. The van der Waals surface area contributed by atoms with E-state index in [-0.39, 0.29) is 37.2 Å². The van der Waals surface area contributed by atoms with E-state index in [4.69, 9.17) is 9.84 Å². The lowest BCUT2D eigenvalue weighted by atomic mass is 10.0. The molecule has 0 atom stereocenters. The number of aliphatic carboxylic acids is 1. The largest absolute Gasteiger partial charge is 0.481 e. The SMILES string of the molecule is O=C(O)CCC(=O)CCC(=O)c1ccc(Oc2ccccc2)cc1. The zero-order valence-electron chi connectivity index (χ0n) is 13.1. The number of carbonyl (C=O) groups is 3. The minimum atomic E-state index is -1.01. The molecular formula is C19H18O5. The third-order valence-corrected chi connectivity index (χ3v) is 3.40. The van der Waals surface area contributed by atoms with Crippen molar-refractivity contribution < 1.29 is 24.2 Å². The Hall–Kier alpha value is -2.95. The van der Waals surface area contributed by atoms with Crippen LogP contribution in [0.4, 0.5) is 0 Å². The third-order valence-electron chi connectivity index (χ3n) is 3.40. The van der Waals surface area contributed by atoms with Gasteiger partial charge in [-0.1, -0.05) is 18.2 Å². The van der Waals surface area contributed by atoms with Crippen molar-refractivity contribution in [3.05, 3.63) is 60.2 Å². The van der Waals surface area contributed by atoms with Crippen molar-refractivity contribution in [3.8, 4) is 11.5 Å². The van der Waals surface area contributed by atoms with Crippen molar-refractivity contribution in [1.82, 2.24) is 0 Å². The van der Waals surface area contributed by atoms with Crippen LogP contribution in [-0.4, -0.2) is 22.6 Å². The monoisotopic (exact) mass is 326 g/mol. The molecule has 0 unspecified atom stereocenters. The molecule has 2 aromatic carbocycles. The fourth-order valence-corrected chi connectivity index (χ4v) is 2.10. The molecule has 5 nitrogen and oxygen atoms in total. The maximum absolute atomic E-state index is 12.0. The summed E-state index contributed by atoms with van der Waals surface area (Å²) in [5, 5.41) is 8.52. The number of ether oxygens (including phenoxy) is 1. The molecule has 0 aromatic heterocycles. The number of para-hydroxylation sites is 1. The highest BCUT2D eigenvalue weighted by Crippen LogP contribution is 2.21. The van der Waals surface area contributed by atoms with Crippen LogP contribution in [0.15, 0.2) is 54.6 Å². The lowest BCUT2D eigenvalue weighted by Gasteiger charge is -2.06. The predicted molar refractivity (Wildman–Crippen MR) is 88.4 cm³/mol. The quantitative estimate of drug-likeness (QED) is 0.707. The average Bonchev–Trinajstić information content (AvgIpc) is 2.59. The van der Waals surface area contributed by atoms with Gasteiger partial charge in [0.25, 0.3) is 0 Å². The molecule has 2 aromatic rings. The first-order chi connectivity index (χ1) is 11.5. The van der Waals surface area contributed by atoms with Gasteiger partial charge in [0.05, 0.1) is 6.42 Å². The minimum Gasteiger partial charge on any atom is -0.481 e. The van der Waals surface area contributed by atoms with Crippen LogP contribution in [0.5, 0.6) is 11.5 Å². The Morgan fingerprint density at radius 2 is 1.33 bits per heavy atom. The maximum Gasteiger partial charge on any atom is 0.303 e. The zero-order chi connectivity index (χ0) is 17.4. The van der Waals surface area contributed by atoms with Gasteiger partial charge in [0.1, 0.15) is 17.3 Å². The van der Waals surface area contributed by atoms with Crippen LogP contribution < -0.4 is 4.74 Å². The Labute approximate surface area is 139 Å². The van der Waals surface area contributed by atoms with Crippen molar-refractivity contribution in [1.29, 1.82) is 0 Å². The first-order valence-electron chi connectivity index (χ1n) is 7.64. The normalized spacial score (nSPS) is 10.2. The van der Waals surface area contributed by atoms with Gasteiger partial charge < -0.3 is 9.84 Å². The van der Waals surface area contributed by atoms with E-state index in [2.05, 4.69) is 0 Å². The van der Waals surface area contributed by atoms with E-state index in [0.29, 0.717) is 17.1 Å². The van der Waals surface area contributed by atoms with E-state index in [9.17, 15) is 14.4 Å². The number of hydrogen-bond donors (Lipinski definition) is 1. The van der Waals surface area contributed by atoms with E-state index in [1.54, 1.807) is 24.3 Å². The summed E-state index contributed by atoms with van der Waals surface area (Å²) in [6, 6.07) is 16.0. The molecule has 0 amide bonds. The van der Waals surface area contributed by atoms with Crippen LogP contribution in [0, 0.1) is 0 Å². The first kappa shape index (κ1) is 17.4. The molecule has 0 saturated carbocycles. The summed E-state index contributed by atoms with van der Waals surface area (Å²) in [6.07, 6.45) is -0.0866. The highest BCUT2D eigenvalue weighted by Gasteiger charge is 2.11. The Kier molecular flexibility index (Phi) is 6.25. The lowest BCUT2D eigenvalue weighted by molar-refractivity contribution is -0.138. The maximum atomic E-state index is 12.0. The van der Waals surface area contributed by atoms with Gasteiger partial charge in [-0.15, -0.1) is 0 Å². The second-order valence-corrected chi connectivity index (χ2v) is 5.30. The summed E-state index contributed by atoms with van der Waals surface area (Å²) in [7, 11) is 0. The summed E-state index contributed by atoms with van der Waals surface area (Å²) >= 11 is 0. The van der Waals surface area contributed by atoms with E-state index in [1.165, 1.54) is 0 Å². The smallest absolute Gasteiger partial charge is 0.303 e. The Morgan fingerprint density at radius 3 is 1.96 bits per heavy atom. The Balaban J connectivity index is 1.85. The molecule has 1 N–H and O–H groups in total.